The average Bonchev–Trinajstić information content (AvgIpc) is 2.27. The van der Waals surface area contributed by atoms with Crippen molar-refractivity contribution in [2.24, 2.45) is 0 Å². The first kappa shape index (κ1) is 14.8. The minimum absolute atomic E-state index is 0.173. The first-order valence-electron chi connectivity index (χ1n) is 6.58. The quantitative estimate of drug-likeness (QED) is 0.768. The maximum absolute atomic E-state index is 11.9. The predicted molar refractivity (Wildman–Crippen MR) is 69.3 cm³/mol. The molecule has 0 spiro atoms. The van der Waals surface area contributed by atoms with E-state index in [1.807, 2.05) is 20.8 Å². The van der Waals surface area contributed by atoms with Crippen LogP contribution in [0.4, 0.5) is 4.79 Å². The molecule has 1 saturated heterocycles. The maximum atomic E-state index is 11.9. The van der Waals surface area contributed by atoms with E-state index < -0.39 is 17.6 Å². The van der Waals surface area contributed by atoms with Crippen LogP contribution in [0.2, 0.25) is 0 Å². The first-order valence-corrected chi connectivity index (χ1v) is 6.58. The second-order valence-corrected chi connectivity index (χ2v) is 5.75. The molecule has 1 N–H and O–H groups in total. The van der Waals surface area contributed by atoms with E-state index in [4.69, 9.17) is 4.74 Å². The zero-order valence-electron chi connectivity index (χ0n) is 11.8. The van der Waals surface area contributed by atoms with Gasteiger partial charge in [-0.3, -0.25) is 0 Å². The monoisotopic (exact) mass is 256 g/mol. The highest BCUT2D eigenvalue weighted by Crippen LogP contribution is 2.10. The fraction of sp³-hybridized carbons (Fsp3) is 0.846. The molecule has 104 valence electrons. The largest absolute Gasteiger partial charge is 0.458 e. The number of amides is 2. The van der Waals surface area contributed by atoms with E-state index in [0.717, 1.165) is 25.9 Å². The number of hydrogen-bond donors (Lipinski definition) is 1. The molecule has 0 aromatic carbocycles. The second-order valence-electron chi connectivity index (χ2n) is 5.75. The van der Waals surface area contributed by atoms with Crippen LogP contribution in [0.15, 0.2) is 0 Å². The predicted octanol–water partition coefficient (Wildman–Crippen LogP) is 1.91. The summed E-state index contributed by atoms with van der Waals surface area (Å²) in [6.07, 6.45) is 3.24. The molecule has 0 unspecified atom stereocenters. The number of carbonyl (C=O) groups is 2. The molecule has 18 heavy (non-hydrogen) atoms. The number of rotatable bonds is 2. The first-order chi connectivity index (χ1) is 8.29. The Balaban J connectivity index is 2.41. The summed E-state index contributed by atoms with van der Waals surface area (Å²) in [5.41, 5.74) is -0.527. The number of hydrogen-bond acceptors (Lipinski definition) is 3. The van der Waals surface area contributed by atoms with Crippen LogP contribution in [0.3, 0.4) is 0 Å². The van der Waals surface area contributed by atoms with Gasteiger partial charge >= 0.3 is 12.0 Å². The van der Waals surface area contributed by atoms with Crippen molar-refractivity contribution < 1.29 is 14.3 Å². The lowest BCUT2D eigenvalue weighted by molar-refractivity contribution is -0.156. The summed E-state index contributed by atoms with van der Waals surface area (Å²) in [4.78, 5) is 25.4. The van der Waals surface area contributed by atoms with Crippen LogP contribution in [0.25, 0.3) is 0 Å². The van der Waals surface area contributed by atoms with E-state index in [1.165, 1.54) is 6.42 Å². The van der Waals surface area contributed by atoms with Crippen LogP contribution in [-0.2, 0) is 9.53 Å². The van der Waals surface area contributed by atoms with Gasteiger partial charge in [-0.1, -0.05) is 0 Å². The molecule has 1 fully saturated rings. The Morgan fingerprint density at radius 1 is 1.17 bits per heavy atom. The highest BCUT2D eigenvalue weighted by atomic mass is 16.6. The number of likely N-dealkylation sites (tertiary alicyclic amines) is 1. The molecule has 5 nitrogen and oxygen atoms in total. The number of esters is 1. The number of nitrogens with zero attached hydrogens (tertiary/aromatic N) is 1. The highest BCUT2D eigenvalue weighted by Gasteiger charge is 2.25. The van der Waals surface area contributed by atoms with Crippen LogP contribution in [0.5, 0.6) is 0 Å². The molecule has 0 radical (unpaired) electrons. The Labute approximate surface area is 109 Å². The van der Waals surface area contributed by atoms with Gasteiger partial charge < -0.3 is 15.0 Å². The SMILES string of the molecule is C[C@@H](NC(=O)N1CCCCC1)C(=O)OC(C)(C)C. The molecule has 2 amide bonds. The van der Waals surface area contributed by atoms with Crippen molar-refractivity contribution in [3.63, 3.8) is 0 Å². The Bertz CT molecular complexity index is 304. The number of ether oxygens (including phenoxy) is 1. The topological polar surface area (TPSA) is 58.6 Å². The van der Waals surface area contributed by atoms with Gasteiger partial charge in [-0.05, 0) is 47.0 Å². The van der Waals surface area contributed by atoms with E-state index in [1.54, 1.807) is 11.8 Å². The van der Waals surface area contributed by atoms with Crippen molar-refractivity contribution in [3.05, 3.63) is 0 Å². The number of piperidine rings is 1. The van der Waals surface area contributed by atoms with E-state index >= 15 is 0 Å². The third-order valence-corrected chi connectivity index (χ3v) is 2.74. The van der Waals surface area contributed by atoms with E-state index in [2.05, 4.69) is 5.32 Å². The summed E-state index contributed by atoms with van der Waals surface area (Å²) < 4.78 is 5.22. The second kappa shape index (κ2) is 6.07. The van der Waals surface area contributed by atoms with Gasteiger partial charge in [-0.2, -0.15) is 0 Å². The molecule has 0 bridgehead atoms. The van der Waals surface area contributed by atoms with Crippen LogP contribution in [0, 0.1) is 0 Å². The molecular weight excluding hydrogens is 232 g/mol. The number of carbonyl (C=O) groups excluding carboxylic acids is 2. The lowest BCUT2D eigenvalue weighted by Crippen LogP contribution is -2.49. The minimum Gasteiger partial charge on any atom is -0.458 e. The summed E-state index contributed by atoms with van der Waals surface area (Å²) in [5.74, 6) is -0.396. The van der Waals surface area contributed by atoms with Crippen molar-refractivity contribution in [1.29, 1.82) is 0 Å². The van der Waals surface area contributed by atoms with E-state index in [9.17, 15) is 9.59 Å². The Morgan fingerprint density at radius 3 is 2.22 bits per heavy atom. The molecule has 1 atom stereocenters. The van der Waals surface area contributed by atoms with Gasteiger partial charge in [0.1, 0.15) is 11.6 Å². The van der Waals surface area contributed by atoms with Gasteiger partial charge in [0.15, 0.2) is 0 Å². The molecule has 1 aliphatic heterocycles. The summed E-state index contributed by atoms with van der Waals surface area (Å²) in [6, 6.07) is -0.785. The van der Waals surface area contributed by atoms with E-state index in [-0.39, 0.29) is 6.03 Å². The lowest BCUT2D eigenvalue weighted by atomic mass is 10.1. The third-order valence-electron chi connectivity index (χ3n) is 2.74. The normalized spacial score (nSPS) is 18.1. The molecule has 0 aliphatic carbocycles. The van der Waals surface area contributed by atoms with Gasteiger partial charge in [0.05, 0.1) is 0 Å². The fourth-order valence-electron chi connectivity index (χ4n) is 1.82. The minimum atomic E-state index is -0.612. The molecule has 5 heteroatoms. The summed E-state index contributed by atoms with van der Waals surface area (Å²) in [6.45, 7) is 8.62. The van der Waals surface area contributed by atoms with Crippen LogP contribution >= 0.6 is 0 Å². The summed E-state index contributed by atoms with van der Waals surface area (Å²) in [5, 5.41) is 2.68. The Hall–Kier alpha value is -1.26. The maximum Gasteiger partial charge on any atom is 0.328 e. The zero-order valence-corrected chi connectivity index (χ0v) is 11.8. The average molecular weight is 256 g/mol. The molecule has 1 aliphatic rings. The standard InChI is InChI=1S/C13H24N2O3/c1-10(11(16)18-13(2,3)4)14-12(17)15-8-6-5-7-9-15/h10H,5-9H2,1-4H3,(H,14,17)/t10-/m1/s1. The fourth-order valence-corrected chi connectivity index (χ4v) is 1.82. The lowest BCUT2D eigenvalue weighted by Gasteiger charge is -2.29. The van der Waals surface area contributed by atoms with Crippen molar-refractivity contribution in [2.45, 2.75) is 58.6 Å². The molecule has 1 rings (SSSR count). The van der Waals surface area contributed by atoms with Crippen LogP contribution in [-0.4, -0.2) is 41.6 Å². The van der Waals surface area contributed by atoms with Gasteiger partial charge in [0.25, 0.3) is 0 Å². The number of urea groups is 1. The highest BCUT2D eigenvalue weighted by molar-refractivity contribution is 5.83. The Morgan fingerprint density at radius 2 is 1.72 bits per heavy atom. The van der Waals surface area contributed by atoms with Crippen molar-refractivity contribution in [3.8, 4) is 0 Å². The molecule has 0 saturated carbocycles. The summed E-state index contributed by atoms with van der Waals surface area (Å²) >= 11 is 0. The van der Waals surface area contributed by atoms with Crippen LogP contribution < -0.4 is 5.32 Å². The van der Waals surface area contributed by atoms with Crippen molar-refractivity contribution >= 4 is 12.0 Å². The van der Waals surface area contributed by atoms with Gasteiger partial charge in [0.2, 0.25) is 0 Å². The van der Waals surface area contributed by atoms with Gasteiger partial charge in [0, 0.05) is 13.1 Å². The zero-order chi connectivity index (χ0) is 13.8. The van der Waals surface area contributed by atoms with Crippen molar-refractivity contribution in [1.82, 2.24) is 10.2 Å². The van der Waals surface area contributed by atoms with Crippen LogP contribution in [0.1, 0.15) is 47.0 Å². The molecule has 1 heterocycles. The summed E-state index contributed by atoms with van der Waals surface area (Å²) in [7, 11) is 0. The van der Waals surface area contributed by atoms with Gasteiger partial charge in [-0.15, -0.1) is 0 Å². The smallest absolute Gasteiger partial charge is 0.328 e. The van der Waals surface area contributed by atoms with E-state index in [0.29, 0.717) is 0 Å². The molecular formula is C13H24N2O3. The molecule has 0 aromatic rings. The Kier molecular flexibility index (Phi) is 4.99. The number of nitrogens with one attached hydrogen (secondary N) is 1. The van der Waals surface area contributed by atoms with Crippen molar-refractivity contribution in [2.75, 3.05) is 13.1 Å². The van der Waals surface area contributed by atoms with Gasteiger partial charge in [-0.25, -0.2) is 9.59 Å². The molecule has 0 aromatic heterocycles. The third kappa shape index (κ3) is 4.94.